The lowest BCUT2D eigenvalue weighted by molar-refractivity contribution is 0.0733. The molecule has 0 atom stereocenters. The van der Waals surface area contributed by atoms with E-state index in [0.29, 0.717) is 19.8 Å². The molecule has 0 aliphatic rings. The standard InChI is InChI=1S/C10H23N3O2.HI/c1-4-5-12-10(11-2)13-6-7-15-9-8-14-3;/h4-9H2,1-3H3,(H2,11,12,13);1H. The molecule has 0 aliphatic heterocycles. The molecule has 0 bridgehead atoms. The van der Waals surface area contributed by atoms with E-state index in [-0.39, 0.29) is 24.0 Å². The monoisotopic (exact) mass is 345 g/mol. The highest BCUT2D eigenvalue weighted by Gasteiger charge is 1.94. The van der Waals surface area contributed by atoms with E-state index < -0.39 is 0 Å². The lowest BCUT2D eigenvalue weighted by Crippen LogP contribution is -2.39. The number of nitrogens with zero attached hydrogens (tertiary/aromatic N) is 1. The SMILES string of the molecule is CCCNC(=NC)NCCOCCOC.I. The van der Waals surface area contributed by atoms with Crippen LogP contribution >= 0.6 is 24.0 Å². The summed E-state index contributed by atoms with van der Waals surface area (Å²) in [4.78, 5) is 4.07. The summed E-state index contributed by atoms with van der Waals surface area (Å²) in [5.41, 5.74) is 0. The van der Waals surface area contributed by atoms with Gasteiger partial charge in [0, 0.05) is 27.2 Å². The summed E-state index contributed by atoms with van der Waals surface area (Å²) in [5, 5.41) is 6.33. The second-order valence-electron chi connectivity index (χ2n) is 3.03. The molecular formula is C10H24IN3O2. The van der Waals surface area contributed by atoms with E-state index in [2.05, 4.69) is 22.5 Å². The Hall–Kier alpha value is -0.0800. The van der Waals surface area contributed by atoms with Crippen LogP contribution in [0.15, 0.2) is 4.99 Å². The van der Waals surface area contributed by atoms with E-state index in [1.165, 1.54) is 0 Å². The fraction of sp³-hybridized carbons (Fsp3) is 0.900. The van der Waals surface area contributed by atoms with Crippen molar-refractivity contribution in [2.24, 2.45) is 4.99 Å². The fourth-order valence-electron chi connectivity index (χ4n) is 0.950. The Morgan fingerprint density at radius 1 is 1.12 bits per heavy atom. The highest BCUT2D eigenvalue weighted by molar-refractivity contribution is 14.0. The predicted molar refractivity (Wildman–Crippen MR) is 77.8 cm³/mol. The van der Waals surface area contributed by atoms with Crippen LogP contribution in [0.3, 0.4) is 0 Å². The van der Waals surface area contributed by atoms with E-state index in [4.69, 9.17) is 9.47 Å². The van der Waals surface area contributed by atoms with Gasteiger partial charge in [0.25, 0.3) is 0 Å². The maximum atomic E-state index is 5.30. The molecule has 0 fully saturated rings. The zero-order valence-electron chi connectivity index (χ0n) is 10.4. The van der Waals surface area contributed by atoms with E-state index in [1.807, 2.05) is 0 Å². The van der Waals surface area contributed by atoms with Crippen LogP contribution in [-0.2, 0) is 9.47 Å². The Kier molecular flexibility index (Phi) is 17.1. The van der Waals surface area contributed by atoms with Crippen molar-refractivity contribution in [1.82, 2.24) is 10.6 Å². The molecule has 0 amide bonds. The van der Waals surface area contributed by atoms with Crippen molar-refractivity contribution in [2.75, 3.05) is 47.1 Å². The topological polar surface area (TPSA) is 54.9 Å². The number of methoxy groups -OCH3 is 1. The van der Waals surface area contributed by atoms with Crippen LogP contribution in [0, 0.1) is 0 Å². The molecule has 0 saturated heterocycles. The molecular weight excluding hydrogens is 321 g/mol. The third kappa shape index (κ3) is 12.0. The van der Waals surface area contributed by atoms with Gasteiger partial charge in [0.2, 0.25) is 0 Å². The fourth-order valence-corrected chi connectivity index (χ4v) is 0.950. The van der Waals surface area contributed by atoms with E-state index >= 15 is 0 Å². The summed E-state index contributed by atoms with van der Waals surface area (Å²) >= 11 is 0. The lowest BCUT2D eigenvalue weighted by Gasteiger charge is -2.10. The van der Waals surface area contributed by atoms with Crippen LogP contribution in [0.25, 0.3) is 0 Å². The average molecular weight is 345 g/mol. The normalized spacial score (nSPS) is 10.8. The first-order valence-electron chi connectivity index (χ1n) is 5.36. The minimum Gasteiger partial charge on any atom is -0.382 e. The van der Waals surface area contributed by atoms with Crippen LogP contribution in [0.1, 0.15) is 13.3 Å². The molecule has 0 spiro atoms. The molecule has 0 aliphatic carbocycles. The van der Waals surface area contributed by atoms with Gasteiger partial charge in [-0.2, -0.15) is 0 Å². The van der Waals surface area contributed by atoms with Crippen LogP contribution < -0.4 is 10.6 Å². The van der Waals surface area contributed by atoms with E-state index in [1.54, 1.807) is 14.2 Å². The quantitative estimate of drug-likeness (QED) is 0.296. The second kappa shape index (κ2) is 14.9. The Bertz CT molecular complexity index is 168. The van der Waals surface area contributed by atoms with E-state index in [9.17, 15) is 0 Å². The molecule has 6 heteroatoms. The molecule has 0 unspecified atom stereocenters. The molecule has 5 nitrogen and oxygen atoms in total. The predicted octanol–water partition coefficient (Wildman–Crippen LogP) is 0.842. The van der Waals surface area contributed by atoms with Crippen molar-refractivity contribution in [1.29, 1.82) is 0 Å². The van der Waals surface area contributed by atoms with Gasteiger partial charge in [0.05, 0.1) is 19.8 Å². The Morgan fingerprint density at radius 3 is 2.38 bits per heavy atom. The molecule has 2 N–H and O–H groups in total. The summed E-state index contributed by atoms with van der Waals surface area (Å²) in [6, 6.07) is 0. The summed E-state index contributed by atoms with van der Waals surface area (Å²) in [6.45, 7) is 5.75. The first-order valence-corrected chi connectivity index (χ1v) is 5.36. The highest BCUT2D eigenvalue weighted by atomic mass is 127. The van der Waals surface area contributed by atoms with Crippen molar-refractivity contribution < 1.29 is 9.47 Å². The van der Waals surface area contributed by atoms with Gasteiger partial charge in [-0.3, -0.25) is 4.99 Å². The van der Waals surface area contributed by atoms with E-state index in [0.717, 1.165) is 25.5 Å². The molecule has 0 radical (unpaired) electrons. The number of hydrogen-bond acceptors (Lipinski definition) is 3. The second-order valence-corrected chi connectivity index (χ2v) is 3.03. The molecule has 0 saturated carbocycles. The molecule has 0 aromatic carbocycles. The van der Waals surface area contributed by atoms with Crippen LogP contribution in [-0.4, -0.2) is 53.0 Å². The molecule has 0 rings (SSSR count). The lowest BCUT2D eigenvalue weighted by atomic mass is 10.5. The van der Waals surface area contributed by atoms with Gasteiger partial charge in [-0.25, -0.2) is 0 Å². The molecule has 0 aromatic rings. The summed E-state index contributed by atoms with van der Waals surface area (Å²) < 4.78 is 10.2. The zero-order valence-corrected chi connectivity index (χ0v) is 12.7. The number of halogens is 1. The first kappa shape index (κ1) is 18.3. The minimum atomic E-state index is 0. The summed E-state index contributed by atoms with van der Waals surface area (Å²) in [7, 11) is 3.43. The van der Waals surface area contributed by atoms with Gasteiger partial charge in [-0.05, 0) is 6.42 Å². The Balaban J connectivity index is 0. The largest absolute Gasteiger partial charge is 0.382 e. The minimum absolute atomic E-state index is 0. The number of guanidine groups is 1. The van der Waals surface area contributed by atoms with Crippen molar-refractivity contribution in [3.63, 3.8) is 0 Å². The maximum absolute atomic E-state index is 5.30. The molecule has 16 heavy (non-hydrogen) atoms. The highest BCUT2D eigenvalue weighted by Crippen LogP contribution is 1.76. The first-order chi connectivity index (χ1) is 7.35. The number of ether oxygens (including phenoxy) is 2. The number of rotatable bonds is 8. The van der Waals surface area contributed by atoms with Gasteiger partial charge < -0.3 is 20.1 Å². The molecule has 0 aromatic heterocycles. The number of hydrogen-bond donors (Lipinski definition) is 2. The molecule has 0 heterocycles. The number of nitrogens with one attached hydrogen (secondary N) is 2. The maximum Gasteiger partial charge on any atom is 0.191 e. The van der Waals surface area contributed by atoms with Gasteiger partial charge in [-0.1, -0.05) is 6.92 Å². The van der Waals surface area contributed by atoms with Gasteiger partial charge in [0.1, 0.15) is 0 Å². The van der Waals surface area contributed by atoms with Crippen LogP contribution in [0.4, 0.5) is 0 Å². The third-order valence-electron chi connectivity index (χ3n) is 1.74. The van der Waals surface area contributed by atoms with Crippen molar-refractivity contribution >= 4 is 29.9 Å². The Morgan fingerprint density at radius 2 is 1.81 bits per heavy atom. The van der Waals surface area contributed by atoms with Gasteiger partial charge in [-0.15, -0.1) is 24.0 Å². The average Bonchev–Trinajstić information content (AvgIpc) is 2.27. The third-order valence-corrected chi connectivity index (χ3v) is 1.74. The Labute approximate surface area is 115 Å². The van der Waals surface area contributed by atoms with Crippen LogP contribution in [0.2, 0.25) is 0 Å². The smallest absolute Gasteiger partial charge is 0.191 e. The van der Waals surface area contributed by atoms with Crippen molar-refractivity contribution in [3.05, 3.63) is 0 Å². The van der Waals surface area contributed by atoms with Gasteiger partial charge in [0.15, 0.2) is 5.96 Å². The van der Waals surface area contributed by atoms with Crippen LogP contribution in [0.5, 0.6) is 0 Å². The summed E-state index contributed by atoms with van der Waals surface area (Å²) in [6.07, 6.45) is 1.09. The van der Waals surface area contributed by atoms with Crippen molar-refractivity contribution in [2.45, 2.75) is 13.3 Å². The van der Waals surface area contributed by atoms with Crippen molar-refractivity contribution in [3.8, 4) is 0 Å². The number of aliphatic imine (C=N–C) groups is 1. The zero-order chi connectivity index (χ0) is 11.4. The van der Waals surface area contributed by atoms with Gasteiger partial charge >= 0.3 is 0 Å². The summed E-state index contributed by atoms with van der Waals surface area (Å²) in [5.74, 6) is 0.826. The molecule has 98 valence electrons.